The minimum Gasteiger partial charge on any atom is -0.275 e. The van der Waals surface area contributed by atoms with Crippen LogP contribution in [0.1, 0.15) is 17.1 Å². The molecule has 0 spiro atoms. The van der Waals surface area contributed by atoms with Crippen molar-refractivity contribution in [3.05, 3.63) is 27.8 Å². The van der Waals surface area contributed by atoms with Gasteiger partial charge in [0.25, 0.3) is 0 Å². The topological polar surface area (TPSA) is 30.2 Å². The summed E-state index contributed by atoms with van der Waals surface area (Å²) in [5.41, 5.74) is 3.11. The van der Waals surface area contributed by atoms with Gasteiger partial charge in [-0.25, -0.2) is 9.97 Å². The fourth-order valence-electron chi connectivity index (χ4n) is 1.46. The quantitative estimate of drug-likeness (QED) is 0.757. The van der Waals surface area contributed by atoms with Gasteiger partial charge >= 0.3 is 0 Å². The minimum atomic E-state index is 0.732. The number of aromatic nitrogens is 3. The monoisotopic (exact) mass is 317 g/mol. The molecule has 2 aromatic heterocycles. The molecule has 2 heterocycles. The first-order valence-electron chi connectivity index (χ1n) is 4.20. The van der Waals surface area contributed by atoms with E-state index in [2.05, 4.69) is 41.8 Å². The summed E-state index contributed by atoms with van der Waals surface area (Å²) in [4.78, 5) is 8.78. The molecular weight excluding hydrogens is 310 g/mol. The molecule has 0 N–H and O–H groups in total. The Bertz CT molecular complexity index is 490. The molecule has 2 aromatic rings. The number of rotatable bonds is 1. The first kappa shape index (κ1) is 10.1. The van der Waals surface area contributed by atoms with E-state index in [1.54, 1.807) is 0 Å². The SMILES string of the molecule is Cc1cc(C)n2c(Br)c(CBr)nc2n1. The van der Waals surface area contributed by atoms with E-state index >= 15 is 0 Å². The van der Waals surface area contributed by atoms with E-state index in [1.165, 1.54) is 0 Å². The predicted molar refractivity (Wildman–Crippen MR) is 62.8 cm³/mol. The van der Waals surface area contributed by atoms with Crippen LogP contribution in [0.5, 0.6) is 0 Å². The molecular formula is C9H9Br2N3. The zero-order chi connectivity index (χ0) is 10.3. The van der Waals surface area contributed by atoms with Crippen LogP contribution in [0.2, 0.25) is 0 Å². The smallest absolute Gasteiger partial charge is 0.235 e. The van der Waals surface area contributed by atoms with Crippen LogP contribution < -0.4 is 0 Å². The Kier molecular flexibility index (Phi) is 2.62. The van der Waals surface area contributed by atoms with E-state index in [9.17, 15) is 0 Å². The standard InChI is InChI=1S/C9H9Br2N3/c1-5-3-6(2)14-8(11)7(4-10)13-9(14)12-5/h3H,4H2,1-2H3. The number of imidazole rings is 1. The highest BCUT2D eigenvalue weighted by Gasteiger charge is 2.11. The highest BCUT2D eigenvalue weighted by Crippen LogP contribution is 2.22. The van der Waals surface area contributed by atoms with Crippen LogP contribution in [0, 0.1) is 13.8 Å². The van der Waals surface area contributed by atoms with Gasteiger partial charge in [0, 0.05) is 16.7 Å². The second kappa shape index (κ2) is 3.62. The van der Waals surface area contributed by atoms with Crippen LogP contribution in [0.4, 0.5) is 0 Å². The molecule has 5 heteroatoms. The van der Waals surface area contributed by atoms with E-state index in [4.69, 9.17) is 0 Å². The maximum atomic E-state index is 4.41. The number of halogens is 2. The van der Waals surface area contributed by atoms with Crippen LogP contribution >= 0.6 is 31.9 Å². The lowest BCUT2D eigenvalue weighted by atomic mass is 10.3. The van der Waals surface area contributed by atoms with Crippen LogP contribution in [0.15, 0.2) is 10.7 Å². The number of aryl methyl sites for hydroxylation is 2. The van der Waals surface area contributed by atoms with E-state index in [-0.39, 0.29) is 0 Å². The Hall–Kier alpha value is -0.420. The van der Waals surface area contributed by atoms with Crippen LogP contribution in [0.25, 0.3) is 5.78 Å². The fraction of sp³-hybridized carbons (Fsp3) is 0.333. The molecule has 0 atom stereocenters. The van der Waals surface area contributed by atoms with Gasteiger partial charge < -0.3 is 0 Å². The highest BCUT2D eigenvalue weighted by molar-refractivity contribution is 9.10. The molecule has 0 saturated carbocycles. The second-order valence-corrected chi connectivity index (χ2v) is 4.47. The third-order valence-corrected chi connectivity index (χ3v) is 3.39. The molecule has 0 aliphatic heterocycles. The Morgan fingerprint density at radius 3 is 2.71 bits per heavy atom. The van der Waals surface area contributed by atoms with Gasteiger partial charge in [0.2, 0.25) is 5.78 Å². The Morgan fingerprint density at radius 1 is 1.36 bits per heavy atom. The number of hydrogen-bond acceptors (Lipinski definition) is 2. The molecule has 0 saturated heterocycles. The molecule has 0 bridgehead atoms. The average molecular weight is 319 g/mol. The molecule has 74 valence electrons. The maximum absolute atomic E-state index is 4.41. The Balaban J connectivity index is 2.85. The summed E-state index contributed by atoms with van der Waals surface area (Å²) in [7, 11) is 0. The highest BCUT2D eigenvalue weighted by atomic mass is 79.9. The zero-order valence-electron chi connectivity index (χ0n) is 7.88. The molecule has 14 heavy (non-hydrogen) atoms. The molecule has 0 amide bonds. The second-order valence-electron chi connectivity index (χ2n) is 3.16. The lowest BCUT2D eigenvalue weighted by Gasteiger charge is -2.01. The predicted octanol–water partition coefficient (Wildman–Crippen LogP) is 3.00. The largest absolute Gasteiger partial charge is 0.275 e. The molecule has 0 aromatic carbocycles. The van der Waals surface area contributed by atoms with Gasteiger partial charge in [-0.2, -0.15) is 0 Å². The molecule has 0 unspecified atom stereocenters. The summed E-state index contributed by atoms with van der Waals surface area (Å²) >= 11 is 6.91. The molecule has 3 nitrogen and oxygen atoms in total. The third kappa shape index (κ3) is 1.48. The van der Waals surface area contributed by atoms with E-state index in [1.807, 2.05) is 24.3 Å². The third-order valence-electron chi connectivity index (χ3n) is 2.04. The van der Waals surface area contributed by atoms with Crippen molar-refractivity contribution < 1.29 is 0 Å². The molecule has 0 fully saturated rings. The first-order valence-corrected chi connectivity index (χ1v) is 6.12. The van der Waals surface area contributed by atoms with Crippen molar-refractivity contribution >= 4 is 37.6 Å². The average Bonchev–Trinajstić information content (AvgIpc) is 2.42. The van der Waals surface area contributed by atoms with E-state index in [0.717, 1.165) is 32.8 Å². The van der Waals surface area contributed by atoms with Crippen LogP contribution in [0.3, 0.4) is 0 Å². The lowest BCUT2D eigenvalue weighted by Crippen LogP contribution is -1.96. The van der Waals surface area contributed by atoms with Crippen molar-refractivity contribution in [1.82, 2.24) is 14.4 Å². The van der Waals surface area contributed by atoms with Gasteiger partial charge in [-0.3, -0.25) is 4.40 Å². The van der Waals surface area contributed by atoms with Gasteiger partial charge in [-0.05, 0) is 35.8 Å². The zero-order valence-corrected chi connectivity index (χ0v) is 11.1. The first-order chi connectivity index (χ1) is 6.63. The summed E-state index contributed by atoms with van der Waals surface area (Å²) in [6.07, 6.45) is 0. The van der Waals surface area contributed by atoms with E-state index < -0.39 is 0 Å². The minimum absolute atomic E-state index is 0.732. The number of fused-ring (bicyclic) bond motifs is 1. The summed E-state index contributed by atoms with van der Waals surface area (Å²) in [6, 6.07) is 2.04. The normalized spacial score (nSPS) is 11.1. The van der Waals surface area contributed by atoms with Crippen molar-refractivity contribution in [2.45, 2.75) is 19.2 Å². The van der Waals surface area contributed by atoms with Gasteiger partial charge in [-0.15, -0.1) is 0 Å². The summed E-state index contributed by atoms with van der Waals surface area (Å²) in [5.74, 6) is 0.754. The van der Waals surface area contributed by atoms with Gasteiger partial charge in [0.15, 0.2) is 0 Å². The van der Waals surface area contributed by atoms with E-state index in [0.29, 0.717) is 0 Å². The fourth-order valence-corrected chi connectivity index (χ4v) is 2.90. The van der Waals surface area contributed by atoms with Gasteiger partial charge in [0.1, 0.15) is 4.60 Å². The number of nitrogens with zero attached hydrogens (tertiary/aromatic N) is 3. The Labute approximate surface area is 98.8 Å². The van der Waals surface area contributed by atoms with Crippen molar-refractivity contribution in [3.8, 4) is 0 Å². The van der Waals surface area contributed by atoms with Gasteiger partial charge in [-0.1, -0.05) is 15.9 Å². The molecule has 2 rings (SSSR count). The van der Waals surface area contributed by atoms with Gasteiger partial charge in [0.05, 0.1) is 5.69 Å². The van der Waals surface area contributed by atoms with Crippen molar-refractivity contribution in [2.75, 3.05) is 0 Å². The Morgan fingerprint density at radius 2 is 2.07 bits per heavy atom. The summed E-state index contributed by atoms with van der Waals surface area (Å²) in [5, 5.41) is 0.732. The van der Waals surface area contributed by atoms with Crippen molar-refractivity contribution in [3.63, 3.8) is 0 Å². The maximum Gasteiger partial charge on any atom is 0.235 e. The molecule has 0 aliphatic rings. The summed E-state index contributed by atoms with van der Waals surface area (Å²) in [6.45, 7) is 4.02. The van der Waals surface area contributed by atoms with Crippen LogP contribution in [-0.2, 0) is 5.33 Å². The van der Waals surface area contributed by atoms with Crippen molar-refractivity contribution in [1.29, 1.82) is 0 Å². The number of alkyl halides is 1. The molecule has 0 radical (unpaired) electrons. The summed E-state index contributed by atoms with van der Waals surface area (Å²) < 4.78 is 2.98. The number of hydrogen-bond donors (Lipinski definition) is 0. The lowest BCUT2D eigenvalue weighted by molar-refractivity contribution is 0.996. The van der Waals surface area contributed by atoms with Crippen molar-refractivity contribution in [2.24, 2.45) is 0 Å². The molecule has 0 aliphatic carbocycles. The van der Waals surface area contributed by atoms with Crippen LogP contribution in [-0.4, -0.2) is 14.4 Å².